The van der Waals surface area contributed by atoms with Crippen LogP contribution in [0, 0.1) is 11.8 Å². The molecule has 0 radical (unpaired) electrons. The molecule has 0 bridgehead atoms. The molecule has 0 aliphatic heterocycles. The fourth-order valence-electron chi connectivity index (χ4n) is 2.11. The molecule has 0 saturated carbocycles. The Hall–Kier alpha value is -2.01. The molecule has 1 heterocycles. The van der Waals surface area contributed by atoms with E-state index in [0.29, 0.717) is 17.5 Å². The van der Waals surface area contributed by atoms with Crippen molar-refractivity contribution in [2.75, 3.05) is 20.1 Å². The number of nitrogens with zero attached hydrogens (tertiary/aromatic N) is 2. The van der Waals surface area contributed by atoms with Crippen molar-refractivity contribution < 1.29 is 26.3 Å². The van der Waals surface area contributed by atoms with Gasteiger partial charge in [-0.2, -0.15) is 26.3 Å². The molecular formula is C18H17F6IN4S. The van der Waals surface area contributed by atoms with Crippen molar-refractivity contribution in [2.24, 2.45) is 4.99 Å². The monoisotopic (exact) mass is 562 g/mol. The van der Waals surface area contributed by atoms with E-state index < -0.39 is 23.6 Å². The van der Waals surface area contributed by atoms with Crippen LogP contribution < -0.4 is 10.6 Å². The van der Waals surface area contributed by atoms with E-state index in [1.54, 1.807) is 0 Å². The van der Waals surface area contributed by atoms with Gasteiger partial charge in [-0.1, -0.05) is 17.9 Å². The van der Waals surface area contributed by atoms with Gasteiger partial charge in [-0.15, -0.1) is 35.3 Å². The number of aliphatic imine (C=N–C) groups is 1. The maximum Gasteiger partial charge on any atom is 0.434 e. The van der Waals surface area contributed by atoms with Crippen LogP contribution in [0.15, 0.2) is 34.6 Å². The molecule has 0 spiro atoms. The molecule has 12 heteroatoms. The molecule has 30 heavy (non-hydrogen) atoms. The molecule has 2 rings (SSSR count). The van der Waals surface area contributed by atoms with Crippen LogP contribution in [0.5, 0.6) is 0 Å². The zero-order valence-electron chi connectivity index (χ0n) is 15.5. The Morgan fingerprint density at radius 1 is 1.13 bits per heavy atom. The van der Waals surface area contributed by atoms with E-state index >= 15 is 0 Å². The summed E-state index contributed by atoms with van der Waals surface area (Å²) in [4.78, 5) is 7.46. The third-order valence-corrected chi connectivity index (χ3v) is 4.37. The van der Waals surface area contributed by atoms with Gasteiger partial charge in [0.15, 0.2) is 11.7 Å². The Kier molecular flexibility index (Phi) is 9.89. The van der Waals surface area contributed by atoms with Gasteiger partial charge in [-0.3, -0.25) is 4.99 Å². The second-order valence-corrected chi connectivity index (χ2v) is 6.55. The summed E-state index contributed by atoms with van der Waals surface area (Å²) in [6, 6.07) is 4.68. The maximum atomic E-state index is 12.7. The fourth-order valence-corrected chi connectivity index (χ4v) is 2.92. The van der Waals surface area contributed by atoms with Gasteiger partial charge in [0.25, 0.3) is 0 Å². The Morgan fingerprint density at radius 2 is 1.87 bits per heavy atom. The Bertz CT molecular complexity index is 912. The molecule has 0 saturated heterocycles. The minimum atomic E-state index is -4.46. The molecule has 2 N–H and O–H groups in total. The lowest BCUT2D eigenvalue weighted by molar-refractivity contribution is -0.141. The highest BCUT2D eigenvalue weighted by Crippen LogP contribution is 2.30. The van der Waals surface area contributed by atoms with Gasteiger partial charge in [0.1, 0.15) is 0 Å². The minimum Gasteiger partial charge on any atom is -0.356 e. The van der Waals surface area contributed by atoms with E-state index in [0.717, 1.165) is 28.8 Å². The SMILES string of the molecule is CN=C(NCC#Cc1cccc(C(F)(F)F)c1)NCCc1nc(C(F)(F)F)cs1.I. The average Bonchev–Trinajstić information content (AvgIpc) is 3.12. The minimum absolute atomic E-state index is 0. The lowest BCUT2D eigenvalue weighted by Crippen LogP contribution is -2.38. The third-order valence-electron chi connectivity index (χ3n) is 3.46. The summed E-state index contributed by atoms with van der Waals surface area (Å²) in [5, 5.41) is 7.05. The van der Waals surface area contributed by atoms with Crippen LogP contribution >= 0.6 is 35.3 Å². The number of aromatic nitrogens is 1. The lowest BCUT2D eigenvalue weighted by atomic mass is 10.1. The summed E-state index contributed by atoms with van der Waals surface area (Å²) < 4.78 is 75.5. The largest absolute Gasteiger partial charge is 0.434 e. The summed E-state index contributed by atoms with van der Waals surface area (Å²) in [5.41, 5.74) is -1.45. The molecule has 2 aromatic rings. The Labute approximate surface area is 190 Å². The van der Waals surface area contributed by atoms with Crippen LogP contribution in [-0.2, 0) is 18.8 Å². The number of thiazole rings is 1. The second-order valence-electron chi connectivity index (χ2n) is 5.61. The van der Waals surface area contributed by atoms with Crippen LogP contribution in [-0.4, -0.2) is 31.1 Å². The first kappa shape index (κ1) is 26.0. The molecule has 0 aliphatic rings. The number of hydrogen-bond donors (Lipinski definition) is 2. The molecule has 4 nitrogen and oxygen atoms in total. The van der Waals surface area contributed by atoms with Crippen LogP contribution in [0.1, 0.15) is 21.8 Å². The second kappa shape index (κ2) is 11.4. The molecule has 0 atom stereocenters. The Balaban J connectivity index is 0.00000450. The van der Waals surface area contributed by atoms with E-state index in [-0.39, 0.29) is 42.5 Å². The third kappa shape index (κ3) is 8.39. The molecule has 0 fully saturated rings. The van der Waals surface area contributed by atoms with Crippen molar-refractivity contribution in [2.45, 2.75) is 18.8 Å². The lowest BCUT2D eigenvalue weighted by Gasteiger charge is -2.09. The van der Waals surface area contributed by atoms with Gasteiger partial charge in [0, 0.05) is 31.0 Å². The topological polar surface area (TPSA) is 49.3 Å². The summed E-state index contributed by atoms with van der Waals surface area (Å²) in [6.07, 6.45) is -8.62. The molecule has 0 unspecified atom stereocenters. The standard InChI is InChI=1S/C18H16F6N4S.HI/c1-25-16(27-9-7-15-28-14(11-29-15)18(22,23)24)26-8-3-5-12-4-2-6-13(10-12)17(19,20)21;/h2,4,6,10-11H,7-9H2,1H3,(H2,25,26,27);1H. The summed E-state index contributed by atoms with van der Waals surface area (Å²) in [6.45, 7) is 0.414. The van der Waals surface area contributed by atoms with E-state index in [2.05, 4.69) is 32.5 Å². The first-order valence-electron chi connectivity index (χ1n) is 8.22. The van der Waals surface area contributed by atoms with Gasteiger partial charge in [-0.25, -0.2) is 4.98 Å². The molecular weight excluding hydrogens is 545 g/mol. The fraction of sp³-hybridized carbons (Fsp3) is 0.333. The van der Waals surface area contributed by atoms with Crippen molar-refractivity contribution in [3.05, 3.63) is 51.5 Å². The highest BCUT2D eigenvalue weighted by Gasteiger charge is 2.33. The highest BCUT2D eigenvalue weighted by molar-refractivity contribution is 14.0. The summed E-state index contributed by atoms with van der Waals surface area (Å²) in [7, 11) is 1.50. The number of alkyl halides is 6. The van der Waals surface area contributed by atoms with Crippen LogP contribution in [0.2, 0.25) is 0 Å². The quantitative estimate of drug-likeness (QED) is 0.189. The van der Waals surface area contributed by atoms with Crippen molar-refractivity contribution in [1.82, 2.24) is 15.6 Å². The van der Waals surface area contributed by atoms with E-state index in [1.165, 1.54) is 19.2 Å². The zero-order chi connectivity index (χ0) is 21.5. The first-order chi connectivity index (χ1) is 13.6. The number of benzene rings is 1. The highest BCUT2D eigenvalue weighted by atomic mass is 127. The number of hydrogen-bond acceptors (Lipinski definition) is 3. The van der Waals surface area contributed by atoms with Crippen LogP contribution in [0.3, 0.4) is 0 Å². The molecule has 1 aromatic carbocycles. The van der Waals surface area contributed by atoms with Gasteiger partial charge in [0.2, 0.25) is 0 Å². The van der Waals surface area contributed by atoms with Crippen molar-refractivity contribution in [3.63, 3.8) is 0 Å². The van der Waals surface area contributed by atoms with E-state index in [1.807, 2.05) is 0 Å². The van der Waals surface area contributed by atoms with Gasteiger partial charge >= 0.3 is 12.4 Å². The summed E-state index contributed by atoms with van der Waals surface area (Å²) >= 11 is 0.924. The average molecular weight is 562 g/mol. The predicted molar refractivity (Wildman–Crippen MR) is 114 cm³/mol. The molecule has 0 aliphatic carbocycles. The number of rotatable bonds is 4. The van der Waals surface area contributed by atoms with Gasteiger partial charge < -0.3 is 10.6 Å². The summed E-state index contributed by atoms with van der Waals surface area (Å²) in [5.74, 6) is 5.67. The van der Waals surface area contributed by atoms with E-state index in [4.69, 9.17) is 0 Å². The predicted octanol–water partition coefficient (Wildman–Crippen LogP) is 4.56. The van der Waals surface area contributed by atoms with Crippen LogP contribution in [0.4, 0.5) is 26.3 Å². The Morgan fingerprint density at radius 3 is 2.47 bits per heavy atom. The number of halogens is 7. The zero-order valence-corrected chi connectivity index (χ0v) is 18.6. The number of guanidine groups is 1. The smallest absolute Gasteiger partial charge is 0.356 e. The molecule has 164 valence electrons. The van der Waals surface area contributed by atoms with Crippen LogP contribution in [0.25, 0.3) is 0 Å². The van der Waals surface area contributed by atoms with Gasteiger partial charge in [-0.05, 0) is 18.2 Å². The van der Waals surface area contributed by atoms with Crippen molar-refractivity contribution >= 4 is 41.3 Å². The number of nitrogens with one attached hydrogen (secondary N) is 2. The van der Waals surface area contributed by atoms with Crippen molar-refractivity contribution in [1.29, 1.82) is 0 Å². The van der Waals surface area contributed by atoms with Crippen molar-refractivity contribution in [3.8, 4) is 11.8 Å². The molecule has 0 amide bonds. The molecule has 1 aromatic heterocycles. The first-order valence-corrected chi connectivity index (χ1v) is 9.10. The normalized spacial score (nSPS) is 11.9. The maximum absolute atomic E-state index is 12.7. The van der Waals surface area contributed by atoms with Gasteiger partial charge in [0.05, 0.1) is 17.1 Å². The van der Waals surface area contributed by atoms with E-state index in [9.17, 15) is 26.3 Å².